The molecule has 160 valence electrons. The highest BCUT2D eigenvalue weighted by atomic mass is 35.5. The predicted octanol–water partition coefficient (Wildman–Crippen LogP) is 4.82. The highest BCUT2D eigenvalue weighted by Crippen LogP contribution is 2.26. The maximum Gasteiger partial charge on any atom is 0.329 e. The lowest BCUT2D eigenvalue weighted by molar-refractivity contribution is -0.139. The minimum absolute atomic E-state index is 0.205. The Kier molecular flexibility index (Phi) is 7.38. The number of aryl methyl sites for hydroxylation is 1. The first-order valence-corrected chi connectivity index (χ1v) is 10.4. The maximum absolute atomic E-state index is 12.0. The van der Waals surface area contributed by atoms with Gasteiger partial charge in [0.2, 0.25) is 0 Å². The molecule has 1 aromatic heterocycles. The second-order valence-electron chi connectivity index (χ2n) is 6.80. The van der Waals surface area contributed by atoms with Crippen LogP contribution >= 0.6 is 34.8 Å². The summed E-state index contributed by atoms with van der Waals surface area (Å²) in [5, 5.41) is 8.09. The molecule has 2 aromatic carbocycles. The molecule has 0 spiro atoms. The molecule has 0 atom stereocenters. The van der Waals surface area contributed by atoms with E-state index in [0.717, 1.165) is 28.2 Å². The van der Waals surface area contributed by atoms with Crippen LogP contribution in [0.15, 0.2) is 53.6 Å². The van der Waals surface area contributed by atoms with Crippen molar-refractivity contribution in [3.63, 3.8) is 0 Å². The van der Waals surface area contributed by atoms with Crippen LogP contribution < -0.4 is 10.7 Å². The summed E-state index contributed by atoms with van der Waals surface area (Å²) in [4.78, 5) is 23.9. The van der Waals surface area contributed by atoms with Crippen molar-refractivity contribution in [2.45, 2.75) is 20.4 Å². The molecule has 0 aliphatic carbocycles. The zero-order chi connectivity index (χ0) is 22.5. The molecule has 9 heteroatoms. The predicted molar refractivity (Wildman–Crippen MR) is 124 cm³/mol. The van der Waals surface area contributed by atoms with Gasteiger partial charge in [0.15, 0.2) is 0 Å². The van der Waals surface area contributed by atoms with Gasteiger partial charge in [-0.1, -0.05) is 46.9 Å². The largest absolute Gasteiger partial charge is 0.344 e. The third-order valence-corrected chi connectivity index (χ3v) is 5.21. The van der Waals surface area contributed by atoms with Crippen LogP contribution in [0.3, 0.4) is 0 Å². The van der Waals surface area contributed by atoms with Gasteiger partial charge >= 0.3 is 11.8 Å². The number of halogens is 3. The Labute approximate surface area is 194 Å². The topological polar surface area (TPSA) is 75.5 Å². The van der Waals surface area contributed by atoms with Gasteiger partial charge in [0.05, 0.1) is 6.21 Å². The number of carbonyl (C=O) groups excluding carboxylic acids is 2. The van der Waals surface area contributed by atoms with Gasteiger partial charge in [0, 0.05) is 44.3 Å². The van der Waals surface area contributed by atoms with Crippen LogP contribution in [0.4, 0.5) is 0 Å². The molecule has 0 unspecified atom stereocenters. The standard InChI is InChI=1S/C22H19Cl3N4O2/c1-13-7-16(14(2)29(13)20-9-18(24)8-19(25)10-20)12-27-28-22(31)21(30)26-11-15-3-5-17(23)6-4-15/h3-10,12H,11H2,1-2H3,(H,26,30)(H,28,31)/b27-12-. The Balaban J connectivity index is 1.63. The lowest BCUT2D eigenvalue weighted by Crippen LogP contribution is -2.37. The Bertz CT molecular complexity index is 1130. The second kappa shape index (κ2) is 10.0. The monoisotopic (exact) mass is 476 g/mol. The fraction of sp³-hybridized carbons (Fsp3) is 0.136. The summed E-state index contributed by atoms with van der Waals surface area (Å²) in [6.07, 6.45) is 1.48. The number of nitrogens with zero attached hydrogens (tertiary/aromatic N) is 2. The first kappa shape index (κ1) is 22.9. The van der Waals surface area contributed by atoms with E-state index in [9.17, 15) is 9.59 Å². The minimum atomic E-state index is -0.861. The Morgan fingerprint density at radius 1 is 0.935 bits per heavy atom. The molecule has 0 radical (unpaired) electrons. The van der Waals surface area contributed by atoms with E-state index in [1.165, 1.54) is 6.21 Å². The lowest BCUT2D eigenvalue weighted by Gasteiger charge is -2.10. The van der Waals surface area contributed by atoms with Crippen molar-refractivity contribution in [1.82, 2.24) is 15.3 Å². The van der Waals surface area contributed by atoms with Gasteiger partial charge in [-0.05, 0) is 55.8 Å². The van der Waals surface area contributed by atoms with Crippen molar-refractivity contribution in [2.75, 3.05) is 0 Å². The molecule has 3 rings (SSSR count). The van der Waals surface area contributed by atoms with Crippen molar-refractivity contribution >= 4 is 52.8 Å². The second-order valence-corrected chi connectivity index (χ2v) is 8.11. The molecule has 1 heterocycles. The molecule has 0 fully saturated rings. The summed E-state index contributed by atoms with van der Waals surface area (Å²) < 4.78 is 1.97. The Morgan fingerprint density at radius 2 is 1.58 bits per heavy atom. The zero-order valence-electron chi connectivity index (χ0n) is 16.7. The average molecular weight is 478 g/mol. The molecule has 0 bridgehead atoms. The SMILES string of the molecule is Cc1cc(/C=N\NC(=O)C(=O)NCc2ccc(Cl)cc2)c(C)n1-c1cc(Cl)cc(Cl)c1. The van der Waals surface area contributed by atoms with Crippen molar-refractivity contribution in [1.29, 1.82) is 0 Å². The van der Waals surface area contributed by atoms with Gasteiger partial charge in [-0.25, -0.2) is 5.43 Å². The summed E-state index contributed by atoms with van der Waals surface area (Å²) in [7, 11) is 0. The van der Waals surface area contributed by atoms with E-state index < -0.39 is 11.8 Å². The summed E-state index contributed by atoms with van der Waals surface area (Å²) in [5.41, 5.74) is 6.46. The zero-order valence-corrected chi connectivity index (χ0v) is 19.0. The van der Waals surface area contributed by atoms with Crippen LogP contribution in [-0.4, -0.2) is 22.6 Å². The number of hydrogen-bond donors (Lipinski definition) is 2. The molecule has 3 aromatic rings. The third-order valence-electron chi connectivity index (χ3n) is 4.52. The van der Waals surface area contributed by atoms with E-state index in [0.29, 0.717) is 15.1 Å². The van der Waals surface area contributed by atoms with Crippen LogP contribution in [0.1, 0.15) is 22.5 Å². The smallest absolute Gasteiger partial charge is 0.329 e. The van der Waals surface area contributed by atoms with Gasteiger partial charge < -0.3 is 9.88 Å². The molecule has 2 amide bonds. The number of benzene rings is 2. The Hall–Kier alpha value is -2.80. The first-order valence-electron chi connectivity index (χ1n) is 9.25. The van der Waals surface area contributed by atoms with Gasteiger partial charge in [0.1, 0.15) is 0 Å². The Morgan fingerprint density at radius 3 is 2.23 bits per heavy atom. The highest BCUT2D eigenvalue weighted by molar-refractivity contribution is 6.35. The van der Waals surface area contributed by atoms with Gasteiger partial charge in [0.25, 0.3) is 0 Å². The van der Waals surface area contributed by atoms with E-state index >= 15 is 0 Å². The number of rotatable bonds is 5. The van der Waals surface area contributed by atoms with Crippen LogP contribution in [0.2, 0.25) is 15.1 Å². The average Bonchev–Trinajstić information content (AvgIpc) is 2.99. The number of nitrogens with one attached hydrogen (secondary N) is 2. The molecule has 31 heavy (non-hydrogen) atoms. The van der Waals surface area contributed by atoms with Crippen LogP contribution in [-0.2, 0) is 16.1 Å². The van der Waals surface area contributed by atoms with Crippen molar-refractivity contribution in [2.24, 2.45) is 5.10 Å². The summed E-state index contributed by atoms with van der Waals surface area (Å²) in [6, 6.07) is 14.1. The van der Waals surface area contributed by atoms with E-state index in [4.69, 9.17) is 34.8 Å². The summed E-state index contributed by atoms with van der Waals surface area (Å²) in [5.74, 6) is -1.65. The molecule has 0 saturated carbocycles. The fourth-order valence-electron chi connectivity index (χ4n) is 3.06. The molecule has 0 saturated heterocycles. The fourth-order valence-corrected chi connectivity index (χ4v) is 3.70. The number of aromatic nitrogens is 1. The van der Waals surface area contributed by atoms with Gasteiger partial charge in [-0.3, -0.25) is 9.59 Å². The number of carbonyl (C=O) groups is 2. The van der Waals surface area contributed by atoms with E-state index in [1.54, 1.807) is 42.5 Å². The van der Waals surface area contributed by atoms with Crippen molar-refractivity contribution < 1.29 is 9.59 Å². The molecular formula is C22H19Cl3N4O2. The van der Waals surface area contributed by atoms with Gasteiger partial charge in [-0.2, -0.15) is 5.10 Å². The lowest BCUT2D eigenvalue weighted by atomic mass is 10.2. The van der Waals surface area contributed by atoms with Crippen LogP contribution in [0, 0.1) is 13.8 Å². The maximum atomic E-state index is 12.0. The highest BCUT2D eigenvalue weighted by Gasteiger charge is 2.13. The van der Waals surface area contributed by atoms with E-state index in [-0.39, 0.29) is 6.54 Å². The molecule has 0 aliphatic rings. The molecular weight excluding hydrogens is 459 g/mol. The van der Waals surface area contributed by atoms with Crippen molar-refractivity contribution in [3.8, 4) is 5.69 Å². The number of amides is 2. The quantitative estimate of drug-likeness (QED) is 0.314. The van der Waals surface area contributed by atoms with Crippen molar-refractivity contribution in [3.05, 3.63) is 86.1 Å². The summed E-state index contributed by atoms with van der Waals surface area (Å²) >= 11 is 18.1. The first-order chi connectivity index (χ1) is 14.7. The third kappa shape index (κ3) is 5.88. The minimum Gasteiger partial charge on any atom is -0.344 e. The van der Waals surface area contributed by atoms with Gasteiger partial charge in [-0.15, -0.1) is 0 Å². The normalized spacial score (nSPS) is 11.0. The molecule has 6 nitrogen and oxygen atoms in total. The summed E-state index contributed by atoms with van der Waals surface area (Å²) in [6.45, 7) is 4.04. The van der Waals surface area contributed by atoms with Crippen LogP contribution in [0.25, 0.3) is 5.69 Å². The van der Waals surface area contributed by atoms with Crippen LogP contribution in [0.5, 0.6) is 0 Å². The number of hydrazone groups is 1. The number of hydrogen-bond acceptors (Lipinski definition) is 3. The molecule has 0 aliphatic heterocycles. The molecule has 2 N–H and O–H groups in total. The van der Waals surface area contributed by atoms with E-state index in [2.05, 4.69) is 15.8 Å². The van der Waals surface area contributed by atoms with E-state index in [1.807, 2.05) is 24.5 Å².